The highest BCUT2D eigenvalue weighted by Gasteiger charge is 2.10. The summed E-state index contributed by atoms with van der Waals surface area (Å²) in [5.41, 5.74) is 0. The molecule has 0 unspecified atom stereocenters. The van der Waals surface area contributed by atoms with E-state index in [-0.39, 0.29) is 0 Å². The third kappa shape index (κ3) is 15.2. The van der Waals surface area contributed by atoms with Gasteiger partial charge in [0, 0.05) is 0 Å². The van der Waals surface area contributed by atoms with Crippen molar-refractivity contribution in [1.82, 2.24) is 0 Å². The maximum atomic E-state index is 2.35. The van der Waals surface area contributed by atoms with E-state index in [4.69, 9.17) is 0 Å². The molecule has 0 saturated carbocycles. The molecule has 0 rings (SSSR count). The summed E-state index contributed by atoms with van der Waals surface area (Å²) < 4.78 is 2.38. The quantitative estimate of drug-likeness (QED) is 0.260. The third-order valence-corrected chi connectivity index (χ3v) is 5.74. The van der Waals surface area contributed by atoms with E-state index >= 15 is 0 Å². The molecule has 2 heteroatoms. The second-order valence-corrected chi connectivity index (χ2v) is 8.84. The van der Waals surface area contributed by atoms with Crippen molar-refractivity contribution in [3.63, 3.8) is 0 Å². The molecule has 0 aliphatic heterocycles. The Morgan fingerprint density at radius 3 is 0.826 bits per heavy atom. The Labute approximate surface area is 148 Å². The molecule has 0 aromatic carbocycles. The zero-order chi connectivity index (χ0) is 17.6. The first-order valence-corrected chi connectivity index (χ1v) is 10.5. The van der Waals surface area contributed by atoms with Gasteiger partial charge in [-0.1, -0.05) is 44.9 Å². The molecule has 0 saturated heterocycles. The summed E-state index contributed by atoms with van der Waals surface area (Å²) in [5.74, 6) is 0. The Morgan fingerprint density at radius 1 is 0.391 bits per heavy atom. The van der Waals surface area contributed by atoms with Crippen LogP contribution in [0.2, 0.25) is 0 Å². The second kappa shape index (κ2) is 13.2. The predicted molar refractivity (Wildman–Crippen MR) is 106 cm³/mol. The standard InChI is InChI=1S/C21H48N2/c1-7-22(3,4)20-18-16-14-12-10-9-11-13-15-17-19-21-23(5,6)8-2/h7-21H2,1-6H3/q+2. The van der Waals surface area contributed by atoms with Gasteiger partial charge in [0.1, 0.15) is 0 Å². The maximum Gasteiger partial charge on any atom is 0.0782 e. The number of nitrogens with zero attached hydrogens (tertiary/aromatic N) is 2. The van der Waals surface area contributed by atoms with Gasteiger partial charge in [-0.15, -0.1) is 0 Å². The van der Waals surface area contributed by atoms with E-state index in [1.807, 2.05) is 0 Å². The van der Waals surface area contributed by atoms with E-state index in [0.29, 0.717) is 0 Å². The van der Waals surface area contributed by atoms with Crippen molar-refractivity contribution in [2.45, 2.75) is 84.5 Å². The molecule has 0 aromatic rings. The Hall–Kier alpha value is -0.0800. The van der Waals surface area contributed by atoms with Gasteiger partial charge in [0.05, 0.1) is 54.4 Å². The fraction of sp³-hybridized carbons (Fsp3) is 1.00. The number of rotatable bonds is 16. The van der Waals surface area contributed by atoms with Crippen LogP contribution in [0.5, 0.6) is 0 Å². The normalized spacial score (nSPS) is 12.8. The highest BCUT2D eigenvalue weighted by atomic mass is 15.3. The molecule has 0 aromatic heterocycles. The average molecular weight is 329 g/mol. The second-order valence-electron chi connectivity index (χ2n) is 8.84. The van der Waals surface area contributed by atoms with Gasteiger partial charge < -0.3 is 8.97 Å². The third-order valence-electron chi connectivity index (χ3n) is 5.74. The van der Waals surface area contributed by atoms with Crippen molar-refractivity contribution in [2.24, 2.45) is 0 Å². The van der Waals surface area contributed by atoms with Gasteiger partial charge >= 0.3 is 0 Å². The van der Waals surface area contributed by atoms with Gasteiger partial charge in [-0.3, -0.25) is 0 Å². The van der Waals surface area contributed by atoms with E-state index in [1.165, 1.54) is 106 Å². The zero-order valence-electron chi connectivity index (χ0n) is 17.5. The first-order valence-electron chi connectivity index (χ1n) is 10.5. The lowest BCUT2D eigenvalue weighted by Gasteiger charge is -2.28. The van der Waals surface area contributed by atoms with Crippen LogP contribution in [0.3, 0.4) is 0 Å². The highest BCUT2D eigenvalue weighted by Crippen LogP contribution is 2.13. The minimum absolute atomic E-state index is 1.19. The summed E-state index contributed by atoms with van der Waals surface area (Å²) in [6.07, 6.45) is 15.9. The molecule has 0 aliphatic carbocycles. The van der Waals surface area contributed by atoms with Crippen LogP contribution in [-0.4, -0.2) is 63.3 Å². The first kappa shape index (κ1) is 22.9. The zero-order valence-corrected chi connectivity index (χ0v) is 17.5. The molecule has 0 aliphatic rings. The van der Waals surface area contributed by atoms with Crippen LogP contribution in [0.1, 0.15) is 84.5 Å². The van der Waals surface area contributed by atoms with Gasteiger partial charge in [0.15, 0.2) is 0 Å². The Morgan fingerprint density at radius 2 is 0.609 bits per heavy atom. The monoisotopic (exact) mass is 328 g/mol. The summed E-state index contributed by atoms with van der Waals surface area (Å²) >= 11 is 0. The van der Waals surface area contributed by atoms with Crippen molar-refractivity contribution < 1.29 is 8.97 Å². The largest absolute Gasteiger partial charge is 0.329 e. The van der Waals surface area contributed by atoms with Crippen LogP contribution in [0.15, 0.2) is 0 Å². The van der Waals surface area contributed by atoms with E-state index in [9.17, 15) is 0 Å². The molecule has 0 N–H and O–H groups in total. The van der Waals surface area contributed by atoms with Crippen molar-refractivity contribution in [2.75, 3.05) is 54.4 Å². The summed E-state index contributed by atoms with van der Waals surface area (Å²) in [7, 11) is 9.40. The van der Waals surface area contributed by atoms with Crippen LogP contribution in [0.4, 0.5) is 0 Å². The molecule has 140 valence electrons. The summed E-state index contributed by atoms with van der Waals surface area (Å²) in [5, 5.41) is 0. The SMILES string of the molecule is CC[N+](C)(C)CCCCCCCCCCCCC[N+](C)(C)CC. The van der Waals surface area contributed by atoms with Gasteiger partial charge in [-0.2, -0.15) is 0 Å². The van der Waals surface area contributed by atoms with Crippen molar-refractivity contribution >= 4 is 0 Å². The number of quaternary nitrogens is 2. The van der Waals surface area contributed by atoms with Crippen molar-refractivity contribution in [3.8, 4) is 0 Å². The fourth-order valence-electron chi connectivity index (χ4n) is 2.99. The number of hydrogen-bond acceptors (Lipinski definition) is 0. The Balaban J connectivity index is 3.20. The summed E-state index contributed by atoms with van der Waals surface area (Å²) in [4.78, 5) is 0. The molecule has 0 heterocycles. The molecular formula is C21H48N2+2. The van der Waals surface area contributed by atoms with E-state index in [1.54, 1.807) is 0 Å². The van der Waals surface area contributed by atoms with Crippen LogP contribution >= 0.6 is 0 Å². The van der Waals surface area contributed by atoms with E-state index < -0.39 is 0 Å². The molecule has 0 fully saturated rings. The topological polar surface area (TPSA) is 0 Å². The molecule has 0 bridgehead atoms. The van der Waals surface area contributed by atoms with Crippen LogP contribution in [0.25, 0.3) is 0 Å². The summed E-state index contributed by atoms with van der Waals surface area (Å²) in [6.45, 7) is 9.81. The Bertz CT molecular complexity index is 233. The predicted octanol–water partition coefficient (Wildman–Crippen LogP) is 5.47. The minimum Gasteiger partial charge on any atom is -0.329 e. The maximum absolute atomic E-state index is 2.35. The minimum atomic E-state index is 1.19. The smallest absolute Gasteiger partial charge is 0.0782 e. The first-order chi connectivity index (χ1) is 10.8. The number of unbranched alkanes of at least 4 members (excludes halogenated alkanes) is 10. The molecule has 0 spiro atoms. The van der Waals surface area contributed by atoms with E-state index in [0.717, 1.165) is 0 Å². The molecule has 0 radical (unpaired) electrons. The van der Waals surface area contributed by atoms with Gasteiger partial charge in [-0.05, 0) is 39.5 Å². The molecule has 0 amide bonds. The molecule has 23 heavy (non-hydrogen) atoms. The van der Waals surface area contributed by atoms with Gasteiger partial charge in [0.2, 0.25) is 0 Å². The Kier molecular flexibility index (Phi) is 13.2. The van der Waals surface area contributed by atoms with Crippen molar-refractivity contribution in [1.29, 1.82) is 0 Å². The lowest BCUT2D eigenvalue weighted by Crippen LogP contribution is -2.39. The van der Waals surface area contributed by atoms with Crippen molar-refractivity contribution in [3.05, 3.63) is 0 Å². The molecular weight excluding hydrogens is 280 g/mol. The van der Waals surface area contributed by atoms with E-state index in [2.05, 4.69) is 42.0 Å². The fourth-order valence-corrected chi connectivity index (χ4v) is 2.99. The highest BCUT2D eigenvalue weighted by molar-refractivity contribution is 4.49. The number of hydrogen-bond donors (Lipinski definition) is 0. The molecule has 2 nitrogen and oxygen atoms in total. The van der Waals surface area contributed by atoms with Crippen LogP contribution < -0.4 is 0 Å². The lowest BCUT2D eigenvalue weighted by molar-refractivity contribution is -0.888. The average Bonchev–Trinajstić information content (AvgIpc) is 2.51. The van der Waals surface area contributed by atoms with Crippen LogP contribution in [-0.2, 0) is 0 Å². The van der Waals surface area contributed by atoms with Gasteiger partial charge in [-0.25, -0.2) is 0 Å². The molecule has 0 atom stereocenters. The van der Waals surface area contributed by atoms with Crippen LogP contribution in [0, 0.1) is 0 Å². The lowest BCUT2D eigenvalue weighted by atomic mass is 10.1. The van der Waals surface area contributed by atoms with Gasteiger partial charge in [0.25, 0.3) is 0 Å². The summed E-state index contributed by atoms with van der Waals surface area (Å²) in [6, 6.07) is 0.